The number of para-hydroxylation sites is 1. The number of nitrogens with zero attached hydrogens (tertiary/aromatic N) is 2. The zero-order valence-electron chi connectivity index (χ0n) is 17.2. The van der Waals surface area contributed by atoms with Gasteiger partial charge in [-0.25, -0.2) is 12.8 Å². The Morgan fingerprint density at radius 1 is 1.16 bits per heavy atom. The highest BCUT2D eigenvalue weighted by molar-refractivity contribution is 7.92. The largest absolute Gasteiger partial charge is 0.465 e. The molecule has 0 saturated carbocycles. The molecule has 0 N–H and O–H groups in total. The minimum absolute atomic E-state index is 0.111. The quantitative estimate of drug-likeness (QED) is 0.522. The van der Waals surface area contributed by atoms with Crippen LogP contribution in [0.15, 0.2) is 52.4 Å². The van der Waals surface area contributed by atoms with E-state index in [-0.39, 0.29) is 33.9 Å². The molecule has 0 aliphatic rings. The lowest BCUT2D eigenvalue weighted by atomic mass is 10.2. The summed E-state index contributed by atoms with van der Waals surface area (Å²) >= 11 is 1.06. The van der Waals surface area contributed by atoms with E-state index in [1.54, 1.807) is 26.8 Å². The van der Waals surface area contributed by atoms with Gasteiger partial charge in [-0.1, -0.05) is 17.4 Å². The molecular formula is C21H21FN2O5S2. The lowest BCUT2D eigenvalue weighted by Gasteiger charge is -2.07. The molecule has 31 heavy (non-hydrogen) atoms. The summed E-state index contributed by atoms with van der Waals surface area (Å²) in [5.41, 5.74) is 0.328. The number of sulfone groups is 1. The summed E-state index contributed by atoms with van der Waals surface area (Å²) < 4.78 is 45.7. The van der Waals surface area contributed by atoms with E-state index in [2.05, 4.69) is 4.99 Å². The van der Waals surface area contributed by atoms with Gasteiger partial charge in [0.1, 0.15) is 12.4 Å². The van der Waals surface area contributed by atoms with Gasteiger partial charge >= 0.3 is 5.97 Å². The van der Waals surface area contributed by atoms with Crippen LogP contribution in [0.2, 0.25) is 0 Å². The Hall–Kier alpha value is -2.85. The molecule has 0 aliphatic carbocycles. The van der Waals surface area contributed by atoms with Crippen LogP contribution in [0, 0.1) is 5.82 Å². The first-order chi connectivity index (χ1) is 14.6. The van der Waals surface area contributed by atoms with E-state index in [1.807, 2.05) is 0 Å². The minimum Gasteiger partial charge on any atom is -0.465 e. The highest BCUT2D eigenvalue weighted by Gasteiger charge is 2.20. The molecule has 3 rings (SSSR count). The molecule has 1 amide bonds. The maximum atomic E-state index is 14.4. The second-order valence-electron chi connectivity index (χ2n) is 6.90. The van der Waals surface area contributed by atoms with Gasteiger partial charge in [-0.05, 0) is 57.2 Å². The van der Waals surface area contributed by atoms with Crippen LogP contribution >= 0.6 is 11.3 Å². The van der Waals surface area contributed by atoms with Gasteiger partial charge in [0.15, 0.2) is 14.6 Å². The molecule has 0 aliphatic heterocycles. The van der Waals surface area contributed by atoms with E-state index in [0.29, 0.717) is 4.70 Å². The Balaban J connectivity index is 2.05. The third-order valence-electron chi connectivity index (χ3n) is 4.49. The fraction of sp³-hybridized carbons (Fsp3) is 0.286. The van der Waals surface area contributed by atoms with Crippen molar-refractivity contribution < 1.29 is 27.1 Å². The molecule has 0 unspecified atom stereocenters. The molecule has 0 fully saturated rings. The monoisotopic (exact) mass is 464 g/mol. The van der Waals surface area contributed by atoms with Crippen LogP contribution in [-0.2, 0) is 25.9 Å². The van der Waals surface area contributed by atoms with E-state index in [0.717, 1.165) is 11.3 Å². The summed E-state index contributed by atoms with van der Waals surface area (Å²) in [7, 11) is -3.46. The number of rotatable bonds is 6. The highest BCUT2D eigenvalue weighted by atomic mass is 32.2. The van der Waals surface area contributed by atoms with Crippen molar-refractivity contribution in [1.29, 1.82) is 0 Å². The van der Waals surface area contributed by atoms with Crippen molar-refractivity contribution in [3.63, 3.8) is 0 Å². The number of aromatic nitrogens is 1. The number of amides is 1. The van der Waals surface area contributed by atoms with Crippen molar-refractivity contribution >= 4 is 43.3 Å². The molecule has 0 spiro atoms. The number of halogens is 1. The first-order valence-electron chi connectivity index (χ1n) is 9.51. The van der Waals surface area contributed by atoms with E-state index in [1.165, 1.54) is 41.0 Å². The van der Waals surface area contributed by atoms with Crippen LogP contribution in [0.4, 0.5) is 4.39 Å². The number of ether oxygens (including phenoxy) is 1. The Morgan fingerprint density at radius 3 is 2.45 bits per heavy atom. The SMILES string of the molecule is CCOC(=O)Cn1c(=NC(=O)c2ccc(S(=O)(=O)C(C)C)cc2)sc2cccc(F)c21. The van der Waals surface area contributed by atoms with Gasteiger partial charge in [-0.3, -0.25) is 9.59 Å². The number of carbonyl (C=O) groups is 2. The van der Waals surface area contributed by atoms with Gasteiger partial charge < -0.3 is 9.30 Å². The smallest absolute Gasteiger partial charge is 0.326 e. The molecule has 1 heterocycles. The van der Waals surface area contributed by atoms with Gasteiger partial charge in [0.05, 0.1) is 27.0 Å². The number of benzene rings is 2. The maximum Gasteiger partial charge on any atom is 0.326 e. The summed E-state index contributed by atoms with van der Waals surface area (Å²) in [6.45, 7) is 4.68. The average Bonchev–Trinajstić information content (AvgIpc) is 3.06. The molecular weight excluding hydrogens is 443 g/mol. The summed E-state index contributed by atoms with van der Waals surface area (Å²) in [6, 6.07) is 9.93. The van der Waals surface area contributed by atoms with Crippen molar-refractivity contribution in [2.45, 2.75) is 37.5 Å². The van der Waals surface area contributed by atoms with Gasteiger partial charge in [-0.2, -0.15) is 4.99 Å². The molecule has 10 heteroatoms. The predicted molar refractivity (Wildman–Crippen MR) is 115 cm³/mol. The van der Waals surface area contributed by atoms with Crippen LogP contribution < -0.4 is 4.80 Å². The normalized spacial score (nSPS) is 12.5. The average molecular weight is 465 g/mol. The third kappa shape index (κ3) is 4.75. The van der Waals surface area contributed by atoms with Gasteiger partial charge in [0, 0.05) is 5.56 Å². The fourth-order valence-corrected chi connectivity index (χ4v) is 4.97. The first kappa shape index (κ1) is 22.8. The molecule has 2 aromatic carbocycles. The number of hydrogen-bond acceptors (Lipinski definition) is 6. The Morgan fingerprint density at radius 2 is 1.84 bits per heavy atom. The second kappa shape index (κ2) is 9.11. The number of esters is 1. The van der Waals surface area contributed by atoms with Gasteiger partial charge in [0.2, 0.25) is 0 Å². The topological polar surface area (TPSA) is 94.8 Å². The summed E-state index contributed by atoms with van der Waals surface area (Å²) in [5.74, 6) is -1.77. The molecule has 164 valence electrons. The summed E-state index contributed by atoms with van der Waals surface area (Å²) in [5, 5.41) is -0.589. The van der Waals surface area contributed by atoms with Crippen LogP contribution in [0.5, 0.6) is 0 Å². The van der Waals surface area contributed by atoms with Gasteiger partial charge in [-0.15, -0.1) is 0 Å². The second-order valence-corrected chi connectivity index (χ2v) is 10.4. The van der Waals surface area contributed by atoms with Crippen molar-refractivity contribution in [1.82, 2.24) is 4.57 Å². The van der Waals surface area contributed by atoms with Crippen LogP contribution in [0.1, 0.15) is 31.1 Å². The van der Waals surface area contributed by atoms with Crippen LogP contribution in [0.25, 0.3) is 10.2 Å². The van der Waals surface area contributed by atoms with Crippen molar-refractivity contribution in [2.24, 2.45) is 4.99 Å². The zero-order valence-corrected chi connectivity index (χ0v) is 18.8. The van der Waals surface area contributed by atoms with Crippen LogP contribution in [0.3, 0.4) is 0 Å². The lowest BCUT2D eigenvalue weighted by molar-refractivity contribution is -0.143. The highest BCUT2D eigenvalue weighted by Crippen LogP contribution is 2.21. The third-order valence-corrected chi connectivity index (χ3v) is 7.71. The van der Waals surface area contributed by atoms with E-state index in [4.69, 9.17) is 4.74 Å². The fourth-order valence-electron chi connectivity index (χ4n) is 2.87. The Labute approximate surface area is 182 Å². The van der Waals surface area contributed by atoms with Crippen molar-refractivity contribution in [2.75, 3.05) is 6.61 Å². The molecule has 7 nitrogen and oxygen atoms in total. The molecule has 0 radical (unpaired) electrons. The lowest BCUT2D eigenvalue weighted by Crippen LogP contribution is -2.23. The van der Waals surface area contributed by atoms with E-state index >= 15 is 0 Å². The standard InChI is InChI=1S/C21H21FN2O5S2/c1-4-29-18(25)12-24-19-16(22)6-5-7-17(19)30-21(24)23-20(26)14-8-10-15(11-9-14)31(27,28)13(2)3/h5-11,13H,4,12H2,1-3H3. The maximum absolute atomic E-state index is 14.4. The first-order valence-corrected chi connectivity index (χ1v) is 11.9. The number of hydrogen-bond donors (Lipinski definition) is 0. The molecule has 0 bridgehead atoms. The summed E-state index contributed by atoms with van der Waals surface area (Å²) in [4.78, 5) is 29.0. The predicted octanol–water partition coefficient (Wildman–Crippen LogP) is 3.33. The van der Waals surface area contributed by atoms with Crippen molar-refractivity contribution in [3.05, 3.63) is 58.6 Å². The van der Waals surface area contributed by atoms with Crippen molar-refractivity contribution in [3.8, 4) is 0 Å². The summed E-state index contributed by atoms with van der Waals surface area (Å²) in [6.07, 6.45) is 0. The molecule has 0 atom stereocenters. The minimum atomic E-state index is -3.46. The zero-order chi connectivity index (χ0) is 22.8. The molecule has 1 aromatic heterocycles. The van der Waals surface area contributed by atoms with Gasteiger partial charge in [0.25, 0.3) is 5.91 Å². The van der Waals surface area contributed by atoms with Crippen LogP contribution in [-0.4, -0.2) is 36.7 Å². The number of thiazole rings is 1. The van der Waals surface area contributed by atoms with E-state index in [9.17, 15) is 22.4 Å². The Bertz CT molecular complexity index is 1310. The number of fused-ring (bicyclic) bond motifs is 1. The molecule has 0 saturated heterocycles. The Kier molecular flexibility index (Phi) is 6.71. The number of carbonyl (C=O) groups excluding carboxylic acids is 2. The molecule has 3 aromatic rings. The van der Waals surface area contributed by atoms with E-state index < -0.39 is 32.8 Å².